The standard InChI is InChI=1S/C17H19NO/c1-3-17(19)15-10-7-11-16(12-15)18(2)13-14-8-5-4-6-9-14/h4-12H,3,13H2,1-2H3. The molecule has 2 rings (SSSR count). The first-order valence-electron chi connectivity index (χ1n) is 6.59. The summed E-state index contributed by atoms with van der Waals surface area (Å²) in [5.74, 6) is 0.190. The Morgan fingerprint density at radius 1 is 1.05 bits per heavy atom. The van der Waals surface area contributed by atoms with Gasteiger partial charge in [0.25, 0.3) is 0 Å². The monoisotopic (exact) mass is 253 g/mol. The van der Waals surface area contributed by atoms with Gasteiger partial charge in [-0.15, -0.1) is 0 Å². The van der Waals surface area contributed by atoms with Crippen molar-refractivity contribution in [3.05, 3.63) is 65.7 Å². The van der Waals surface area contributed by atoms with Gasteiger partial charge in [0.05, 0.1) is 0 Å². The predicted octanol–water partition coefficient (Wildman–Crippen LogP) is 3.92. The molecular formula is C17H19NO. The van der Waals surface area contributed by atoms with E-state index in [0.29, 0.717) is 6.42 Å². The molecule has 0 amide bonds. The maximum Gasteiger partial charge on any atom is 0.162 e. The quantitative estimate of drug-likeness (QED) is 0.753. The molecule has 0 aliphatic carbocycles. The third-order valence-electron chi connectivity index (χ3n) is 3.19. The van der Waals surface area contributed by atoms with Crippen LogP contribution in [-0.4, -0.2) is 12.8 Å². The fourth-order valence-corrected chi connectivity index (χ4v) is 2.07. The number of benzene rings is 2. The van der Waals surface area contributed by atoms with Gasteiger partial charge in [-0.3, -0.25) is 4.79 Å². The molecule has 2 aromatic carbocycles. The van der Waals surface area contributed by atoms with E-state index >= 15 is 0 Å². The van der Waals surface area contributed by atoms with Crippen molar-refractivity contribution in [3.8, 4) is 0 Å². The van der Waals surface area contributed by atoms with E-state index in [-0.39, 0.29) is 5.78 Å². The van der Waals surface area contributed by atoms with Crippen LogP contribution in [-0.2, 0) is 6.54 Å². The number of anilines is 1. The highest BCUT2D eigenvalue weighted by molar-refractivity contribution is 5.96. The number of rotatable bonds is 5. The van der Waals surface area contributed by atoms with Gasteiger partial charge < -0.3 is 4.90 Å². The SMILES string of the molecule is CCC(=O)c1cccc(N(C)Cc2ccccc2)c1. The zero-order chi connectivity index (χ0) is 13.7. The second kappa shape index (κ2) is 6.19. The Bertz CT molecular complexity index is 548. The van der Waals surface area contributed by atoms with Gasteiger partial charge in [-0.2, -0.15) is 0 Å². The molecule has 19 heavy (non-hydrogen) atoms. The number of carbonyl (C=O) groups is 1. The molecule has 0 saturated carbocycles. The first kappa shape index (κ1) is 13.3. The Labute approximate surface area is 114 Å². The zero-order valence-electron chi connectivity index (χ0n) is 11.5. The molecule has 0 atom stereocenters. The van der Waals surface area contributed by atoms with Gasteiger partial charge in [-0.05, 0) is 17.7 Å². The van der Waals surface area contributed by atoms with Crippen molar-refractivity contribution in [2.75, 3.05) is 11.9 Å². The molecule has 0 aliphatic rings. The lowest BCUT2D eigenvalue weighted by Crippen LogP contribution is -2.16. The van der Waals surface area contributed by atoms with Crippen molar-refractivity contribution in [2.24, 2.45) is 0 Å². The van der Waals surface area contributed by atoms with Crippen LogP contribution in [0, 0.1) is 0 Å². The Morgan fingerprint density at radius 2 is 1.79 bits per heavy atom. The van der Waals surface area contributed by atoms with E-state index in [1.165, 1.54) is 5.56 Å². The molecule has 0 radical (unpaired) electrons. The van der Waals surface area contributed by atoms with Gasteiger partial charge in [-0.1, -0.05) is 49.4 Å². The molecule has 0 aliphatic heterocycles. The van der Waals surface area contributed by atoms with Crippen LogP contribution in [0.4, 0.5) is 5.69 Å². The minimum atomic E-state index is 0.190. The molecule has 0 heterocycles. The highest BCUT2D eigenvalue weighted by Gasteiger charge is 2.06. The molecule has 98 valence electrons. The molecule has 0 spiro atoms. The molecular weight excluding hydrogens is 234 g/mol. The maximum absolute atomic E-state index is 11.7. The third kappa shape index (κ3) is 3.44. The van der Waals surface area contributed by atoms with Gasteiger partial charge >= 0.3 is 0 Å². The second-order valence-electron chi connectivity index (χ2n) is 4.67. The summed E-state index contributed by atoms with van der Waals surface area (Å²) in [5.41, 5.74) is 3.13. The molecule has 0 aromatic heterocycles. The smallest absolute Gasteiger partial charge is 0.162 e. The first-order chi connectivity index (χ1) is 9.20. The Kier molecular flexibility index (Phi) is 4.35. The Balaban J connectivity index is 2.15. The molecule has 0 N–H and O–H groups in total. The van der Waals surface area contributed by atoms with E-state index in [1.54, 1.807) is 0 Å². The number of ketones is 1. The van der Waals surface area contributed by atoms with Crippen LogP contribution in [0.25, 0.3) is 0 Å². The summed E-state index contributed by atoms with van der Waals surface area (Å²) in [6.45, 7) is 2.73. The summed E-state index contributed by atoms with van der Waals surface area (Å²) in [6.07, 6.45) is 0.547. The van der Waals surface area contributed by atoms with Crippen LogP contribution in [0.5, 0.6) is 0 Å². The van der Waals surface area contributed by atoms with Crippen LogP contribution in [0.1, 0.15) is 29.3 Å². The van der Waals surface area contributed by atoms with Crippen molar-refractivity contribution < 1.29 is 4.79 Å². The van der Waals surface area contributed by atoms with Gasteiger partial charge in [0, 0.05) is 31.3 Å². The van der Waals surface area contributed by atoms with Crippen molar-refractivity contribution in [3.63, 3.8) is 0 Å². The Hall–Kier alpha value is -2.09. The van der Waals surface area contributed by atoms with Crippen molar-refractivity contribution in [2.45, 2.75) is 19.9 Å². The Morgan fingerprint density at radius 3 is 2.47 bits per heavy atom. The van der Waals surface area contributed by atoms with E-state index in [4.69, 9.17) is 0 Å². The second-order valence-corrected chi connectivity index (χ2v) is 4.67. The molecule has 0 fully saturated rings. The summed E-state index contributed by atoms with van der Waals surface area (Å²) in [6, 6.07) is 18.1. The minimum absolute atomic E-state index is 0.190. The van der Waals surface area contributed by atoms with Crippen LogP contribution in [0.3, 0.4) is 0 Å². The maximum atomic E-state index is 11.7. The van der Waals surface area contributed by atoms with Crippen LogP contribution >= 0.6 is 0 Å². The van der Waals surface area contributed by atoms with Crippen molar-refractivity contribution in [1.29, 1.82) is 0 Å². The minimum Gasteiger partial charge on any atom is -0.370 e. The average molecular weight is 253 g/mol. The lowest BCUT2D eigenvalue weighted by Gasteiger charge is -2.20. The largest absolute Gasteiger partial charge is 0.370 e. The third-order valence-corrected chi connectivity index (χ3v) is 3.19. The van der Waals surface area contributed by atoms with Gasteiger partial charge in [0.2, 0.25) is 0 Å². The van der Waals surface area contributed by atoms with Crippen molar-refractivity contribution >= 4 is 11.5 Å². The molecule has 2 heteroatoms. The first-order valence-corrected chi connectivity index (χ1v) is 6.59. The van der Waals surface area contributed by atoms with E-state index in [1.807, 2.05) is 56.4 Å². The summed E-state index contributed by atoms with van der Waals surface area (Å²) >= 11 is 0. The molecule has 0 saturated heterocycles. The van der Waals surface area contributed by atoms with E-state index in [9.17, 15) is 4.79 Å². The number of hydrogen-bond acceptors (Lipinski definition) is 2. The summed E-state index contributed by atoms with van der Waals surface area (Å²) < 4.78 is 0. The van der Waals surface area contributed by atoms with E-state index in [0.717, 1.165) is 17.8 Å². The summed E-state index contributed by atoms with van der Waals surface area (Å²) in [5, 5.41) is 0. The molecule has 0 bridgehead atoms. The number of carbonyl (C=O) groups excluding carboxylic acids is 1. The van der Waals surface area contributed by atoms with Crippen molar-refractivity contribution in [1.82, 2.24) is 0 Å². The van der Waals surface area contributed by atoms with Crippen LogP contribution in [0.15, 0.2) is 54.6 Å². The normalized spacial score (nSPS) is 10.2. The highest BCUT2D eigenvalue weighted by atomic mass is 16.1. The number of Topliss-reactive ketones (excluding diaryl/α,β-unsaturated/α-hetero) is 1. The zero-order valence-corrected chi connectivity index (χ0v) is 11.5. The van der Waals surface area contributed by atoms with Gasteiger partial charge in [-0.25, -0.2) is 0 Å². The lowest BCUT2D eigenvalue weighted by molar-refractivity contribution is 0.0988. The van der Waals surface area contributed by atoms with Gasteiger partial charge in [0.1, 0.15) is 0 Å². The number of nitrogens with zero attached hydrogens (tertiary/aromatic N) is 1. The topological polar surface area (TPSA) is 20.3 Å². The fourth-order valence-electron chi connectivity index (χ4n) is 2.07. The lowest BCUT2D eigenvalue weighted by atomic mass is 10.1. The summed E-state index contributed by atoms with van der Waals surface area (Å²) in [7, 11) is 2.04. The molecule has 2 aromatic rings. The molecule has 0 unspecified atom stereocenters. The van der Waals surface area contributed by atoms with Gasteiger partial charge in [0.15, 0.2) is 5.78 Å². The molecule has 2 nitrogen and oxygen atoms in total. The predicted molar refractivity (Wildman–Crippen MR) is 79.6 cm³/mol. The van der Waals surface area contributed by atoms with E-state index < -0.39 is 0 Å². The number of hydrogen-bond donors (Lipinski definition) is 0. The summed E-state index contributed by atoms with van der Waals surface area (Å²) in [4.78, 5) is 13.9. The average Bonchev–Trinajstić information content (AvgIpc) is 2.47. The van der Waals surface area contributed by atoms with E-state index in [2.05, 4.69) is 17.0 Å². The van der Waals surface area contributed by atoms with Crippen LogP contribution < -0.4 is 4.90 Å². The fraction of sp³-hybridized carbons (Fsp3) is 0.235. The van der Waals surface area contributed by atoms with Crippen LogP contribution in [0.2, 0.25) is 0 Å². The highest BCUT2D eigenvalue weighted by Crippen LogP contribution is 2.18.